The first-order valence-corrected chi connectivity index (χ1v) is 13.7. The third kappa shape index (κ3) is 7.35. The number of aliphatic hydroxyl groups is 1. The molecular weight excluding hydrogens is 568 g/mol. The van der Waals surface area contributed by atoms with Gasteiger partial charge in [0.25, 0.3) is 0 Å². The average Bonchev–Trinajstić information content (AvgIpc) is 3.07. The summed E-state index contributed by atoms with van der Waals surface area (Å²) in [5, 5.41) is 11.1. The Morgan fingerprint density at radius 1 is 0.500 bits per heavy atom. The van der Waals surface area contributed by atoms with Crippen molar-refractivity contribution in [2.24, 2.45) is 0 Å². The molecule has 5 atom stereocenters. The molecule has 44 heavy (non-hydrogen) atoms. The Morgan fingerprint density at radius 2 is 0.841 bits per heavy atom. The van der Waals surface area contributed by atoms with Crippen LogP contribution in [0.4, 0.5) is 0 Å². The maximum absolute atomic E-state index is 13.3. The molecule has 1 fully saturated rings. The fourth-order valence-electron chi connectivity index (χ4n) is 4.54. The highest BCUT2D eigenvalue weighted by Gasteiger charge is 2.52. The highest BCUT2D eigenvalue weighted by molar-refractivity contribution is 5.91. The monoisotopic (exact) mass is 596 g/mol. The predicted molar refractivity (Wildman–Crippen MR) is 155 cm³/mol. The van der Waals surface area contributed by atoms with Gasteiger partial charge in [-0.25, -0.2) is 19.2 Å². The van der Waals surface area contributed by atoms with E-state index in [-0.39, 0.29) is 22.3 Å². The molecule has 10 heteroatoms. The van der Waals surface area contributed by atoms with Gasteiger partial charge in [-0.1, -0.05) is 72.8 Å². The van der Waals surface area contributed by atoms with Gasteiger partial charge in [-0.3, -0.25) is 0 Å². The van der Waals surface area contributed by atoms with Gasteiger partial charge in [0.15, 0.2) is 24.6 Å². The lowest BCUT2D eigenvalue weighted by Crippen LogP contribution is -2.62. The standard InChI is InChI=1S/C34H28O10/c35-30(22-13-5-1-6-14-22)40-21-26-27(42-31(36)23-15-7-2-8-16-23)28(43-32(37)24-17-9-3-10-18-24)29(34(39)41-26)44-33(38)25-19-11-4-12-20-25/h1-20,26-29,34,39H,21H2/t26-,27+,28-,29+,34?/m1/s1. The van der Waals surface area contributed by atoms with Gasteiger partial charge in [0.05, 0.1) is 22.3 Å². The molecule has 0 amide bonds. The van der Waals surface area contributed by atoms with E-state index in [2.05, 4.69) is 0 Å². The van der Waals surface area contributed by atoms with Crippen molar-refractivity contribution in [2.75, 3.05) is 6.61 Å². The Kier molecular flexibility index (Phi) is 9.75. The van der Waals surface area contributed by atoms with Gasteiger partial charge in [-0.05, 0) is 48.5 Å². The molecule has 1 heterocycles. The summed E-state index contributed by atoms with van der Waals surface area (Å²) in [7, 11) is 0. The smallest absolute Gasteiger partial charge is 0.338 e. The minimum atomic E-state index is -1.86. The van der Waals surface area contributed by atoms with Gasteiger partial charge >= 0.3 is 23.9 Å². The minimum absolute atomic E-state index is 0.154. The first-order chi connectivity index (χ1) is 21.4. The number of carbonyl (C=O) groups excluding carboxylic acids is 4. The van der Waals surface area contributed by atoms with E-state index in [1.165, 1.54) is 36.4 Å². The molecule has 0 bridgehead atoms. The molecule has 0 radical (unpaired) electrons. The van der Waals surface area contributed by atoms with Crippen LogP contribution < -0.4 is 0 Å². The van der Waals surface area contributed by atoms with E-state index in [0.29, 0.717) is 0 Å². The van der Waals surface area contributed by atoms with Crippen molar-refractivity contribution in [1.29, 1.82) is 0 Å². The van der Waals surface area contributed by atoms with Crippen LogP contribution in [0.15, 0.2) is 121 Å². The summed E-state index contributed by atoms with van der Waals surface area (Å²) in [6, 6.07) is 32.1. The van der Waals surface area contributed by atoms with Crippen LogP contribution in [-0.2, 0) is 23.7 Å². The second-order valence-corrected chi connectivity index (χ2v) is 9.74. The molecule has 1 unspecified atom stereocenters. The van der Waals surface area contributed by atoms with Crippen molar-refractivity contribution in [3.8, 4) is 0 Å². The second-order valence-electron chi connectivity index (χ2n) is 9.74. The molecule has 4 aromatic carbocycles. The van der Waals surface area contributed by atoms with E-state index in [4.69, 9.17) is 23.7 Å². The van der Waals surface area contributed by atoms with E-state index < -0.39 is 61.2 Å². The van der Waals surface area contributed by atoms with Crippen molar-refractivity contribution in [3.63, 3.8) is 0 Å². The second kappa shape index (κ2) is 14.2. The largest absolute Gasteiger partial charge is 0.459 e. The topological polar surface area (TPSA) is 135 Å². The van der Waals surface area contributed by atoms with Crippen LogP contribution in [-0.4, -0.2) is 66.3 Å². The van der Waals surface area contributed by atoms with Gasteiger partial charge in [0, 0.05) is 0 Å². The average molecular weight is 597 g/mol. The van der Waals surface area contributed by atoms with Crippen molar-refractivity contribution in [1.82, 2.24) is 0 Å². The third-order valence-corrected chi connectivity index (χ3v) is 6.76. The van der Waals surface area contributed by atoms with Crippen molar-refractivity contribution >= 4 is 23.9 Å². The summed E-state index contributed by atoms with van der Waals surface area (Å²) in [4.78, 5) is 52.3. The molecule has 1 N–H and O–H groups in total. The zero-order valence-corrected chi connectivity index (χ0v) is 23.3. The van der Waals surface area contributed by atoms with Gasteiger partial charge in [0.2, 0.25) is 0 Å². The van der Waals surface area contributed by atoms with Gasteiger partial charge in [-0.15, -0.1) is 0 Å². The molecule has 10 nitrogen and oxygen atoms in total. The number of benzene rings is 4. The first-order valence-electron chi connectivity index (χ1n) is 13.7. The third-order valence-electron chi connectivity index (χ3n) is 6.76. The van der Waals surface area contributed by atoms with Gasteiger partial charge in [-0.2, -0.15) is 0 Å². The van der Waals surface area contributed by atoms with Crippen LogP contribution in [0.5, 0.6) is 0 Å². The highest BCUT2D eigenvalue weighted by Crippen LogP contribution is 2.30. The lowest BCUT2D eigenvalue weighted by Gasteiger charge is -2.42. The SMILES string of the molecule is O=C(OC[C@H]1OC(O)[C@@H](OC(=O)c2ccccc2)[C@H](OC(=O)c2ccccc2)[C@H]1OC(=O)c1ccccc1)c1ccccc1. The van der Waals surface area contributed by atoms with Crippen LogP contribution in [0.3, 0.4) is 0 Å². The summed E-state index contributed by atoms with van der Waals surface area (Å²) >= 11 is 0. The number of hydrogen-bond acceptors (Lipinski definition) is 10. The lowest BCUT2D eigenvalue weighted by molar-refractivity contribution is -0.284. The van der Waals surface area contributed by atoms with Crippen LogP contribution >= 0.6 is 0 Å². The maximum Gasteiger partial charge on any atom is 0.338 e. The van der Waals surface area contributed by atoms with Gasteiger partial charge in [0.1, 0.15) is 12.7 Å². The van der Waals surface area contributed by atoms with Gasteiger partial charge < -0.3 is 28.8 Å². The lowest BCUT2D eigenvalue weighted by atomic mass is 9.97. The van der Waals surface area contributed by atoms with Crippen molar-refractivity contribution < 1.29 is 48.0 Å². The fourth-order valence-corrected chi connectivity index (χ4v) is 4.54. The number of carbonyl (C=O) groups is 4. The quantitative estimate of drug-likeness (QED) is 0.221. The minimum Gasteiger partial charge on any atom is -0.459 e. The molecule has 1 aliphatic heterocycles. The first kappa shape index (κ1) is 30.1. The molecule has 1 saturated heterocycles. The molecule has 4 aromatic rings. The van der Waals surface area contributed by atoms with E-state index in [9.17, 15) is 24.3 Å². The Morgan fingerprint density at radius 3 is 1.25 bits per heavy atom. The van der Waals surface area contributed by atoms with E-state index in [0.717, 1.165) is 0 Å². The molecule has 0 aromatic heterocycles. The molecule has 5 rings (SSSR count). The normalized spacial score (nSPS) is 21.0. The maximum atomic E-state index is 13.3. The van der Waals surface area contributed by atoms with Crippen LogP contribution in [0, 0.1) is 0 Å². The van der Waals surface area contributed by atoms with Crippen LogP contribution in [0.1, 0.15) is 41.4 Å². The zero-order valence-electron chi connectivity index (χ0n) is 23.3. The number of esters is 4. The number of ether oxygens (including phenoxy) is 5. The van der Waals surface area contributed by atoms with Crippen LogP contribution in [0.25, 0.3) is 0 Å². The van der Waals surface area contributed by atoms with E-state index in [1.807, 2.05) is 0 Å². The Balaban J connectivity index is 1.48. The summed E-state index contributed by atoms with van der Waals surface area (Å²) in [6.45, 7) is -0.504. The molecule has 0 spiro atoms. The van der Waals surface area contributed by atoms with E-state index in [1.54, 1.807) is 84.9 Å². The summed E-state index contributed by atoms with van der Waals surface area (Å²) < 4.78 is 28.4. The summed E-state index contributed by atoms with van der Waals surface area (Å²) in [5.41, 5.74) is 0.736. The molecule has 0 saturated carbocycles. The molecule has 224 valence electrons. The number of rotatable bonds is 9. The number of aliphatic hydroxyl groups excluding tert-OH is 1. The zero-order chi connectivity index (χ0) is 30.9. The predicted octanol–water partition coefficient (Wildman–Crippen LogP) is 4.24. The summed E-state index contributed by atoms with van der Waals surface area (Å²) in [5.74, 6) is -3.21. The van der Waals surface area contributed by atoms with Crippen LogP contribution in [0.2, 0.25) is 0 Å². The Hall–Kier alpha value is -5.32. The Labute approximate surface area is 252 Å². The summed E-state index contributed by atoms with van der Waals surface area (Å²) in [6.07, 6.45) is -7.89. The molecule has 1 aliphatic rings. The van der Waals surface area contributed by atoms with Crippen molar-refractivity contribution in [3.05, 3.63) is 144 Å². The fraction of sp³-hybridized carbons (Fsp3) is 0.176. The highest BCUT2D eigenvalue weighted by atomic mass is 16.7. The van der Waals surface area contributed by atoms with Crippen molar-refractivity contribution in [2.45, 2.75) is 30.7 Å². The van der Waals surface area contributed by atoms with E-state index >= 15 is 0 Å². The molecule has 0 aliphatic carbocycles. The Bertz CT molecular complexity index is 1560. The molecular formula is C34H28O10. The number of hydrogen-bond donors (Lipinski definition) is 1.